The molecule has 1 fully saturated rings. The van der Waals surface area contributed by atoms with Gasteiger partial charge in [-0.2, -0.15) is 5.10 Å². The van der Waals surface area contributed by atoms with Crippen molar-refractivity contribution >= 4 is 17.5 Å². The Hall–Kier alpha value is -2.05. The molecule has 7 nitrogen and oxygen atoms in total. The van der Waals surface area contributed by atoms with E-state index in [0.717, 1.165) is 12.8 Å². The van der Waals surface area contributed by atoms with Crippen LogP contribution in [-0.4, -0.2) is 34.2 Å². The molecule has 2 rings (SSSR count). The Morgan fingerprint density at radius 3 is 2.83 bits per heavy atom. The highest BCUT2D eigenvalue weighted by Crippen LogP contribution is 2.18. The van der Waals surface area contributed by atoms with Crippen LogP contribution < -0.4 is 16.4 Å². The average molecular weight is 251 g/mol. The predicted molar refractivity (Wildman–Crippen MR) is 65.8 cm³/mol. The van der Waals surface area contributed by atoms with Crippen LogP contribution in [0, 0.1) is 0 Å². The van der Waals surface area contributed by atoms with E-state index >= 15 is 0 Å². The number of nitrogen functional groups attached to an aromatic ring is 1. The lowest BCUT2D eigenvalue weighted by molar-refractivity contribution is -0.120. The molecule has 0 saturated heterocycles. The second-order valence-electron chi connectivity index (χ2n) is 4.31. The maximum absolute atomic E-state index is 11.8. The molecule has 1 aliphatic carbocycles. The minimum Gasteiger partial charge on any atom is -0.396 e. The van der Waals surface area contributed by atoms with E-state index in [1.807, 2.05) is 6.92 Å². The van der Waals surface area contributed by atoms with Gasteiger partial charge in [0.1, 0.15) is 0 Å². The SMILES string of the molecule is CCn1cc(N)c(C(=O)NCC(=O)NC2CC2)n1. The number of hydrogen-bond acceptors (Lipinski definition) is 4. The number of aromatic nitrogens is 2. The van der Waals surface area contributed by atoms with E-state index in [-0.39, 0.29) is 18.1 Å². The minimum atomic E-state index is -0.425. The van der Waals surface area contributed by atoms with E-state index in [1.165, 1.54) is 0 Å². The van der Waals surface area contributed by atoms with Crippen LogP contribution in [0.4, 0.5) is 5.69 Å². The Morgan fingerprint density at radius 2 is 2.28 bits per heavy atom. The zero-order valence-corrected chi connectivity index (χ0v) is 10.3. The molecular weight excluding hydrogens is 234 g/mol. The molecule has 0 radical (unpaired) electrons. The normalized spacial score (nSPS) is 14.3. The van der Waals surface area contributed by atoms with Crippen LogP contribution in [0.3, 0.4) is 0 Å². The fourth-order valence-corrected chi connectivity index (χ4v) is 1.53. The van der Waals surface area contributed by atoms with Gasteiger partial charge >= 0.3 is 0 Å². The number of nitrogens with zero attached hydrogens (tertiary/aromatic N) is 2. The third-order valence-electron chi connectivity index (χ3n) is 2.68. The van der Waals surface area contributed by atoms with Gasteiger partial charge in [-0.05, 0) is 19.8 Å². The zero-order chi connectivity index (χ0) is 13.1. The van der Waals surface area contributed by atoms with Crippen LogP contribution in [0.2, 0.25) is 0 Å². The van der Waals surface area contributed by atoms with Crippen molar-refractivity contribution in [3.63, 3.8) is 0 Å². The van der Waals surface area contributed by atoms with E-state index in [0.29, 0.717) is 18.3 Å². The van der Waals surface area contributed by atoms with E-state index in [1.54, 1.807) is 10.9 Å². The van der Waals surface area contributed by atoms with E-state index in [9.17, 15) is 9.59 Å². The Balaban J connectivity index is 1.86. The standard InChI is InChI=1S/C11H17N5O2/c1-2-16-6-8(12)10(15-16)11(18)13-5-9(17)14-7-3-4-7/h6-7H,2-5,12H2,1H3,(H,13,18)(H,14,17). The number of nitrogens with two attached hydrogens (primary N) is 1. The summed E-state index contributed by atoms with van der Waals surface area (Å²) in [6.45, 7) is 2.49. The monoisotopic (exact) mass is 251 g/mol. The number of nitrogens with one attached hydrogen (secondary N) is 2. The molecular formula is C11H17N5O2. The number of aryl methyl sites for hydroxylation is 1. The summed E-state index contributed by atoms with van der Waals surface area (Å²) in [6, 6.07) is 0.291. The van der Waals surface area contributed by atoms with Crippen molar-refractivity contribution in [3.05, 3.63) is 11.9 Å². The summed E-state index contributed by atoms with van der Waals surface area (Å²) in [5, 5.41) is 9.31. The first-order valence-corrected chi connectivity index (χ1v) is 6.00. The largest absolute Gasteiger partial charge is 0.396 e. The number of hydrogen-bond donors (Lipinski definition) is 3. The van der Waals surface area contributed by atoms with Crippen molar-refractivity contribution < 1.29 is 9.59 Å². The van der Waals surface area contributed by atoms with Crippen molar-refractivity contribution in [2.75, 3.05) is 12.3 Å². The summed E-state index contributed by atoms with van der Waals surface area (Å²) in [7, 11) is 0. The predicted octanol–water partition coefficient (Wildman–Crippen LogP) is -0.506. The highest BCUT2D eigenvalue weighted by Gasteiger charge is 2.23. The first kappa shape index (κ1) is 12.4. The Morgan fingerprint density at radius 1 is 1.56 bits per heavy atom. The highest BCUT2D eigenvalue weighted by atomic mass is 16.2. The molecule has 1 aromatic heterocycles. The molecule has 0 aliphatic heterocycles. The molecule has 4 N–H and O–H groups in total. The number of rotatable bonds is 5. The lowest BCUT2D eigenvalue weighted by atomic mass is 10.3. The second kappa shape index (κ2) is 5.07. The lowest BCUT2D eigenvalue weighted by Gasteiger charge is -2.04. The second-order valence-corrected chi connectivity index (χ2v) is 4.31. The summed E-state index contributed by atoms with van der Waals surface area (Å²) in [5.41, 5.74) is 6.15. The fraction of sp³-hybridized carbons (Fsp3) is 0.545. The zero-order valence-electron chi connectivity index (χ0n) is 10.3. The van der Waals surface area contributed by atoms with Gasteiger partial charge in [0.2, 0.25) is 5.91 Å². The highest BCUT2D eigenvalue weighted by molar-refractivity contribution is 5.98. The molecule has 1 saturated carbocycles. The van der Waals surface area contributed by atoms with Crippen molar-refractivity contribution in [2.45, 2.75) is 32.4 Å². The van der Waals surface area contributed by atoms with E-state index < -0.39 is 5.91 Å². The molecule has 1 aliphatic rings. The molecule has 0 atom stereocenters. The minimum absolute atomic E-state index is 0.0479. The first-order chi connectivity index (χ1) is 8.60. The van der Waals surface area contributed by atoms with Crippen LogP contribution in [0.15, 0.2) is 6.20 Å². The van der Waals surface area contributed by atoms with Gasteiger partial charge in [0, 0.05) is 18.8 Å². The summed E-state index contributed by atoms with van der Waals surface area (Å²) in [5.74, 6) is -0.606. The summed E-state index contributed by atoms with van der Waals surface area (Å²) in [4.78, 5) is 23.1. The Bertz CT molecular complexity index is 464. The Kier molecular flexibility index (Phi) is 3.50. The molecule has 0 unspecified atom stereocenters. The van der Waals surface area contributed by atoms with Gasteiger partial charge < -0.3 is 16.4 Å². The Labute approximate surface area is 105 Å². The van der Waals surface area contributed by atoms with Crippen LogP contribution in [0.1, 0.15) is 30.3 Å². The maximum atomic E-state index is 11.8. The third-order valence-corrected chi connectivity index (χ3v) is 2.68. The first-order valence-electron chi connectivity index (χ1n) is 6.00. The van der Waals surface area contributed by atoms with Gasteiger partial charge in [-0.15, -0.1) is 0 Å². The van der Waals surface area contributed by atoms with E-state index in [4.69, 9.17) is 5.73 Å². The third kappa shape index (κ3) is 2.99. The molecule has 0 spiro atoms. The average Bonchev–Trinajstić information content (AvgIpc) is 3.07. The molecule has 98 valence electrons. The molecule has 18 heavy (non-hydrogen) atoms. The molecule has 0 aromatic carbocycles. The van der Waals surface area contributed by atoms with Crippen molar-refractivity contribution in [2.24, 2.45) is 0 Å². The van der Waals surface area contributed by atoms with Crippen LogP contribution in [0.5, 0.6) is 0 Å². The van der Waals surface area contributed by atoms with Gasteiger partial charge in [0.15, 0.2) is 5.69 Å². The summed E-state index contributed by atoms with van der Waals surface area (Å²) < 4.78 is 1.58. The number of carbonyl (C=O) groups is 2. The smallest absolute Gasteiger partial charge is 0.274 e. The van der Waals surface area contributed by atoms with Crippen molar-refractivity contribution in [1.82, 2.24) is 20.4 Å². The lowest BCUT2D eigenvalue weighted by Crippen LogP contribution is -2.38. The molecule has 2 amide bonds. The van der Waals surface area contributed by atoms with Gasteiger partial charge in [0.25, 0.3) is 5.91 Å². The number of anilines is 1. The number of carbonyl (C=O) groups excluding carboxylic acids is 2. The van der Waals surface area contributed by atoms with Crippen LogP contribution >= 0.6 is 0 Å². The van der Waals surface area contributed by atoms with Gasteiger partial charge in [-0.3, -0.25) is 14.3 Å². The topological polar surface area (TPSA) is 102 Å². The number of amides is 2. The van der Waals surface area contributed by atoms with E-state index in [2.05, 4.69) is 15.7 Å². The van der Waals surface area contributed by atoms with Gasteiger partial charge in [0.05, 0.1) is 12.2 Å². The van der Waals surface area contributed by atoms with Crippen LogP contribution in [0.25, 0.3) is 0 Å². The van der Waals surface area contributed by atoms with Gasteiger partial charge in [-0.1, -0.05) is 0 Å². The fourth-order valence-electron chi connectivity index (χ4n) is 1.53. The molecule has 1 aromatic rings. The molecule has 1 heterocycles. The van der Waals surface area contributed by atoms with Gasteiger partial charge in [-0.25, -0.2) is 0 Å². The molecule has 7 heteroatoms. The van der Waals surface area contributed by atoms with Crippen molar-refractivity contribution in [3.8, 4) is 0 Å². The molecule has 0 bridgehead atoms. The summed E-state index contributed by atoms with van der Waals surface area (Å²) >= 11 is 0. The van der Waals surface area contributed by atoms with Crippen LogP contribution in [-0.2, 0) is 11.3 Å². The van der Waals surface area contributed by atoms with Crippen molar-refractivity contribution in [1.29, 1.82) is 0 Å². The maximum Gasteiger partial charge on any atom is 0.274 e. The quantitative estimate of drug-likeness (QED) is 0.656. The summed E-state index contributed by atoms with van der Waals surface area (Å²) in [6.07, 6.45) is 3.64.